The number of likely N-dealkylation sites (tertiary alicyclic amines) is 1. The molecule has 31 heavy (non-hydrogen) atoms. The van der Waals surface area contributed by atoms with Gasteiger partial charge in [0.25, 0.3) is 0 Å². The predicted octanol–water partition coefficient (Wildman–Crippen LogP) is 1.63. The Hall–Kier alpha value is -1.69. The van der Waals surface area contributed by atoms with Gasteiger partial charge in [-0.2, -0.15) is 5.26 Å². The van der Waals surface area contributed by atoms with Crippen LogP contribution in [0.4, 0.5) is 0 Å². The monoisotopic (exact) mass is 424 g/mol. The second-order valence-corrected chi connectivity index (χ2v) is 10.1. The fourth-order valence-corrected chi connectivity index (χ4v) is 7.73. The van der Waals surface area contributed by atoms with Gasteiger partial charge in [0.1, 0.15) is 11.8 Å². The lowest BCUT2D eigenvalue weighted by Crippen LogP contribution is -2.79. The van der Waals surface area contributed by atoms with Gasteiger partial charge in [-0.1, -0.05) is 6.07 Å². The summed E-state index contributed by atoms with van der Waals surface area (Å²) in [4.78, 5) is 2.46. The number of ether oxygens (including phenoxy) is 4. The van der Waals surface area contributed by atoms with Gasteiger partial charge in [0.15, 0.2) is 6.10 Å². The standard InChI is InChI=1S/C24H28N2O5/c25-13-16-4-3-15-12-18-23(27)5-6-24(29-10-11-30-24)21-22(23,19(15)20(16)31-21)7-8-26(18)14-17-2-1-9-28-17/h3-4,17-18,21,27H,1-2,5-12,14H2/t17?,18-,21?,22+,23?/m1/s1. The van der Waals surface area contributed by atoms with E-state index in [4.69, 9.17) is 18.9 Å². The Bertz CT molecular complexity index is 979. The average Bonchev–Trinajstić information content (AvgIpc) is 3.51. The summed E-state index contributed by atoms with van der Waals surface area (Å²) in [5.41, 5.74) is 1.23. The molecule has 4 heterocycles. The van der Waals surface area contributed by atoms with Crippen LogP contribution in [0, 0.1) is 11.3 Å². The van der Waals surface area contributed by atoms with Gasteiger partial charge in [0, 0.05) is 31.2 Å². The maximum Gasteiger partial charge on any atom is 0.207 e. The molecule has 164 valence electrons. The Morgan fingerprint density at radius 1 is 1.16 bits per heavy atom. The highest BCUT2D eigenvalue weighted by molar-refractivity contribution is 5.63. The number of aliphatic hydroxyl groups is 1. The van der Waals surface area contributed by atoms with Crippen molar-refractivity contribution in [3.8, 4) is 11.8 Å². The molecule has 7 rings (SSSR count). The summed E-state index contributed by atoms with van der Waals surface area (Å²) in [6.45, 7) is 3.66. The number of nitriles is 1. The van der Waals surface area contributed by atoms with Crippen molar-refractivity contribution in [1.82, 2.24) is 4.90 Å². The van der Waals surface area contributed by atoms with Crippen LogP contribution in [0.5, 0.6) is 5.75 Å². The fourth-order valence-electron chi connectivity index (χ4n) is 7.73. The van der Waals surface area contributed by atoms with E-state index < -0.39 is 22.9 Å². The lowest BCUT2D eigenvalue weighted by molar-refractivity contribution is -0.297. The van der Waals surface area contributed by atoms with Gasteiger partial charge in [-0.3, -0.25) is 4.90 Å². The predicted molar refractivity (Wildman–Crippen MR) is 109 cm³/mol. The topological polar surface area (TPSA) is 84.2 Å². The van der Waals surface area contributed by atoms with Crippen LogP contribution >= 0.6 is 0 Å². The minimum absolute atomic E-state index is 0.00156. The number of fused-ring (bicyclic) bond motifs is 1. The molecule has 5 atom stereocenters. The maximum atomic E-state index is 12.5. The molecule has 4 fully saturated rings. The first-order valence-corrected chi connectivity index (χ1v) is 11.7. The molecule has 1 aromatic rings. The van der Waals surface area contributed by atoms with Crippen molar-refractivity contribution >= 4 is 0 Å². The molecule has 7 heteroatoms. The molecule has 2 bridgehead atoms. The van der Waals surface area contributed by atoms with Crippen molar-refractivity contribution < 1.29 is 24.1 Å². The van der Waals surface area contributed by atoms with Crippen LogP contribution in [0.15, 0.2) is 12.1 Å². The number of benzene rings is 1. The van der Waals surface area contributed by atoms with Gasteiger partial charge in [-0.25, -0.2) is 0 Å². The summed E-state index contributed by atoms with van der Waals surface area (Å²) >= 11 is 0. The first-order valence-electron chi connectivity index (χ1n) is 11.7. The van der Waals surface area contributed by atoms with Crippen molar-refractivity contribution in [2.24, 2.45) is 0 Å². The van der Waals surface area contributed by atoms with Gasteiger partial charge >= 0.3 is 0 Å². The van der Waals surface area contributed by atoms with Crippen LogP contribution < -0.4 is 4.74 Å². The van der Waals surface area contributed by atoms with Crippen molar-refractivity contribution in [3.63, 3.8) is 0 Å². The summed E-state index contributed by atoms with van der Waals surface area (Å²) in [5.74, 6) is -0.191. The van der Waals surface area contributed by atoms with E-state index in [9.17, 15) is 10.4 Å². The third-order valence-electron chi connectivity index (χ3n) is 8.96. The quantitative estimate of drug-likeness (QED) is 0.773. The molecule has 6 aliphatic rings. The number of piperidine rings is 1. The zero-order valence-corrected chi connectivity index (χ0v) is 17.6. The Kier molecular flexibility index (Phi) is 3.77. The molecular formula is C24H28N2O5. The molecule has 3 saturated heterocycles. The van der Waals surface area contributed by atoms with Crippen LogP contribution in [-0.4, -0.2) is 72.6 Å². The average molecular weight is 424 g/mol. The van der Waals surface area contributed by atoms with E-state index in [0.717, 1.165) is 50.9 Å². The highest BCUT2D eigenvalue weighted by atomic mass is 16.8. The smallest absolute Gasteiger partial charge is 0.207 e. The lowest BCUT2D eigenvalue weighted by Gasteiger charge is -2.65. The van der Waals surface area contributed by atoms with Crippen LogP contribution in [0.3, 0.4) is 0 Å². The van der Waals surface area contributed by atoms with Crippen LogP contribution in [0.2, 0.25) is 0 Å². The Morgan fingerprint density at radius 3 is 2.81 bits per heavy atom. The normalized spacial score (nSPS) is 41.7. The van der Waals surface area contributed by atoms with Crippen molar-refractivity contribution in [2.45, 2.75) is 73.6 Å². The Morgan fingerprint density at radius 2 is 2.03 bits per heavy atom. The highest BCUT2D eigenvalue weighted by Gasteiger charge is 2.77. The summed E-state index contributed by atoms with van der Waals surface area (Å²) in [5, 5.41) is 22.3. The van der Waals surface area contributed by atoms with Gasteiger partial charge in [-0.15, -0.1) is 0 Å². The molecule has 0 aromatic heterocycles. The minimum Gasteiger partial charge on any atom is -0.482 e. The number of hydrogen-bond donors (Lipinski definition) is 1. The van der Waals surface area contributed by atoms with Crippen LogP contribution in [-0.2, 0) is 26.0 Å². The van der Waals surface area contributed by atoms with E-state index >= 15 is 0 Å². The molecule has 1 N–H and O–H groups in total. The largest absolute Gasteiger partial charge is 0.482 e. The SMILES string of the molecule is N#Cc1ccc2c3c1OC1C4(CCC5(O)[C@@H](C2)N(CC2CCCO2)CC[C@]315)OCCO4. The summed E-state index contributed by atoms with van der Waals surface area (Å²) in [6.07, 6.45) is 4.77. The van der Waals surface area contributed by atoms with Gasteiger partial charge in [0.2, 0.25) is 5.79 Å². The first kappa shape index (κ1) is 18.8. The molecule has 2 aliphatic carbocycles. The second kappa shape index (κ2) is 6.21. The third-order valence-corrected chi connectivity index (χ3v) is 8.96. The van der Waals surface area contributed by atoms with Crippen molar-refractivity contribution in [3.05, 3.63) is 28.8 Å². The molecule has 0 radical (unpaired) electrons. The van der Waals surface area contributed by atoms with Gasteiger partial charge in [0.05, 0.1) is 35.9 Å². The molecule has 0 amide bonds. The molecular weight excluding hydrogens is 396 g/mol. The molecule has 1 aromatic carbocycles. The van der Waals surface area contributed by atoms with E-state index in [1.165, 1.54) is 5.56 Å². The molecule has 2 spiro atoms. The second-order valence-electron chi connectivity index (χ2n) is 10.1. The maximum absolute atomic E-state index is 12.5. The summed E-state index contributed by atoms with van der Waals surface area (Å²) < 4.78 is 24.9. The van der Waals surface area contributed by atoms with Gasteiger partial charge in [-0.05, 0) is 50.3 Å². The summed E-state index contributed by atoms with van der Waals surface area (Å²) in [7, 11) is 0. The summed E-state index contributed by atoms with van der Waals surface area (Å²) in [6, 6.07) is 6.25. The molecule has 1 saturated carbocycles. The number of hydrogen-bond acceptors (Lipinski definition) is 7. The third kappa shape index (κ3) is 2.16. The van der Waals surface area contributed by atoms with E-state index in [1.807, 2.05) is 6.07 Å². The van der Waals surface area contributed by atoms with E-state index in [2.05, 4.69) is 17.0 Å². The van der Waals surface area contributed by atoms with Crippen molar-refractivity contribution in [2.75, 3.05) is 32.9 Å². The first-order chi connectivity index (χ1) is 15.1. The Labute approximate surface area is 181 Å². The number of rotatable bonds is 2. The Balaban J connectivity index is 1.40. The zero-order chi connectivity index (χ0) is 20.8. The van der Waals surface area contributed by atoms with Crippen molar-refractivity contribution in [1.29, 1.82) is 5.26 Å². The number of nitrogens with zero attached hydrogens (tertiary/aromatic N) is 2. The van der Waals surface area contributed by atoms with Crippen LogP contribution in [0.25, 0.3) is 0 Å². The van der Waals surface area contributed by atoms with E-state index in [-0.39, 0.29) is 12.1 Å². The lowest BCUT2D eigenvalue weighted by atomic mass is 9.48. The van der Waals surface area contributed by atoms with Crippen LogP contribution in [0.1, 0.15) is 48.8 Å². The molecule has 7 nitrogen and oxygen atoms in total. The highest BCUT2D eigenvalue weighted by Crippen LogP contribution is 2.67. The van der Waals surface area contributed by atoms with Gasteiger partial charge < -0.3 is 24.1 Å². The molecule has 3 unspecified atom stereocenters. The zero-order valence-electron chi connectivity index (χ0n) is 17.6. The molecule has 4 aliphatic heterocycles. The minimum atomic E-state index is -0.943. The fraction of sp³-hybridized carbons (Fsp3) is 0.708. The van der Waals surface area contributed by atoms with E-state index in [1.54, 1.807) is 0 Å². The van der Waals surface area contributed by atoms with E-state index in [0.29, 0.717) is 37.4 Å².